The number of ether oxygens (including phenoxy) is 1. The topological polar surface area (TPSA) is 80.6 Å². The fourth-order valence-electron chi connectivity index (χ4n) is 2.95. The number of amides is 2. The molecule has 0 bridgehead atoms. The van der Waals surface area contributed by atoms with Crippen molar-refractivity contribution in [2.24, 2.45) is 0 Å². The van der Waals surface area contributed by atoms with Crippen LogP contribution < -0.4 is 15.4 Å². The third kappa shape index (κ3) is 5.50. The van der Waals surface area contributed by atoms with Crippen LogP contribution in [0.15, 0.2) is 65.3 Å². The van der Waals surface area contributed by atoms with E-state index in [1.165, 1.54) is 11.8 Å². The largest absolute Gasteiger partial charge is 0.484 e. The predicted octanol–water partition coefficient (Wildman–Crippen LogP) is 5.37. The Morgan fingerprint density at radius 3 is 2.47 bits per heavy atom. The zero-order valence-corrected chi connectivity index (χ0v) is 17.4. The molecule has 6 heteroatoms. The Labute approximate surface area is 176 Å². The van der Waals surface area contributed by atoms with Gasteiger partial charge >= 0.3 is 0 Å². The van der Waals surface area contributed by atoms with Crippen molar-refractivity contribution in [2.45, 2.75) is 33.1 Å². The van der Waals surface area contributed by atoms with E-state index in [1.807, 2.05) is 31.2 Å². The first kappa shape index (κ1) is 21.2. The normalized spacial score (nSPS) is 11.6. The van der Waals surface area contributed by atoms with Gasteiger partial charge in [-0.2, -0.15) is 0 Å². The van der Waals surface area contributed by atoms with Gasteiger partial charge < -0.3 is 19.8 Å². The summed E-state index contributed by atoms with van der Waals surface area (Å²) in [7, 11) is 0. The van der Waals surface area contributed by atoms with E-state index in [-0.39, 0.29) is 24.2 Å². The van der Waals surface area contributed by atoms with Crippen molar-refractivity contribution >= 4 is 23.2 Å². The minimum Gasteiger partial charge on any atom is -0.484 e. The van der Waals surface area contributed by atoms with Crippen LogP contribution in [0.2, 0.25) is 0 Å². The summed E-state index contributed by atoms with van der Waals surface area (Å²) in [4.78, 5) is 24.3. The average Bonchev–Trinajstić information content (AvgIpc) is 3.29. The molecule has 2 amide bonds. The lowest BCUT2D eigenvalue weighted by Gasteiger charge is -2.12. The van der Waals surface area contributed by atoms with Gasteiger partial charge in [0.05, 0.1) is 6.26 Å². The van der Waals surface area contributed by atoms with Crippen molar-refractivity contribution in [1.29, 1.82) is 0 Å². The van der Waals surface area contributed by atoms with Crippen molar-refractivity contribution < 1.29 is 18.7 Å². The summed E-state index contributed by atoms with van der Waals surface area (Å²) in [6.45, 7) is 6.10. The maximum atomic E-state index is 12.2. The molecule has 1 atom stereocenters. The number of nitrogens with one attached hydrogen (secondary N) is 2. The molecular formula is C24H26N2O4. The highest BCUT2D eigenvalue weighted by atomic mass is 16.5. The Kier molecular flexibility index (Phi) is 6.91. The number of carbonyl (C=O) groups excluding carboxylic acids is 2. The minimum absolute atomic E-state index is 0.0846. The fourth-order valence-corrected chi connectivity index (χ4v) is 2.95. The highest BCUT2D eigenvalue weighted by Gasteiger charge is 2.11. The van der Waals surface area contributed by atoms with Gasteiger partial charge in [0.15, 0.2) is 12.4 Å². The summed E-state index contributed by atoms with van der Waals surface area (Å²) in [5, 5.41) is 5.59. The van der Waals surface area contributed by atoms with Gasteiger partial charge in [-0.1, -0.05) is 26.0 Å². The number of rotatable bonds is 8. The minimum atomic E-state index is -0.326. The second kappa shape index (κ2) is 9.78. The first-order valence-corrected chi connectivity index (χ1v) is 9.94. The molecule has 0 aliphatic rings. The van der Waals surface area contributed by atoms with E-state index in [0.29, 0.717) is 23.0 Å². The van der Waals surface area contributed by atoms with E-state index in [0.717, 1.165) is 12.0 Å². The molecule has 30 heavy (non-hydrogen) atoms. The molecule has 2 aromatic carbocycles. The zero-order chi connectivity index (χ0) is 21.5. The number of hydrogen-bond acceptors (Lipinski definition) is 4. The number of hydrogen-bond donors (Lipinski definition) is 2. The highest BCUT2D eigenvalue weighted by molar-refractivity contribution is 6.03. The summed E-state index contributed by atoms with van der Waals surface area (Å²) in [6, 6.07) is 16.3. The van der Waals surface area contributed by atoms with Crippen LogP contribution in [0.5, 0.6) is 5.75 Å². The Bertz CT molecular complexity index is 995. The number of anilines is 2. The highest BCUT2D eigenvalue weighted by Crippen LogP contribution is 2.22. The summed E-state index contributed by atoms with van der Waals surface area (Å²) in [5.41, 5.74) is 3.34. The first-order valence-electron chi connectivity index (χ1n) is 9.94. The number of carbonyl (C=O) groups is 2. The van der Waals surface area contributed by atoms with E-state index in [1.54, 1.807) is 30.3 Å². The summed E-state index contributed by atoms with van der Waals surface area (Å²) < 4.78 is 10.7. The van der Waals surface area contributed by atoms with Gasteiger partial charge in [-0.15, -0.1) is 0 Å². The molecule has 1 heterocycles. The lowest BCUT2D eigenvalue weighted by atomic mass is 9.99. The van der Waals surface area contributed by atoms with Gasteiger partial charge in [-0.25, -0.2) is 0 Å². The molecule has 3 rings (SSSR count). The summed E-state index contributed by atoms with van der Waals surface area (Å²) in [5.74, 6) is 0.809. The van der Waals surface area contributed by atoms with E-state index in [2.05, 4.69) is 24.5 Å². The molecule has 156 valence electrons. The molecule has 0 aliphatic carbocycles. The zero-order valence-electron chi connectivity index (χ0n) is 17.4. The summed E-state index contributed by atoms with van der Waals surface area (Å²) in [6.07, 6.45) is 2.52. The molecule has 1 aromatic heterocycles. The van der Waals surface area contributed by atoms with Gasteiger partial charge in [-0.3, -0.25) is 9.59 Å². The maximum Gasteiger partial charge on any atom is 0.291 e. The molecule has 0 saturated heterocycles. The lowest BCUT2D eigenvalue weighted by Crippen LogP contribution is -2.20. The Hall–Kier alpha value is -3.54. The van der Waals surface area contributed by atoms with Crippen LogP contribution in [-0.2, 0) is 4.79 Å². The fraction of sp³-hybridized carbons (Fsp3) is 0.250. The SMILES string of the molecule is CC[C@@H](C)c1ccc(OCC(=O)Nc2ccc(NC(=O)c3ccco3)c(C)c2)cc1. The lowest BCUT2D eigenvalue weighted by molar-refractivity contribution is -0.118. The molecular weight excluding hydrogens is 380 g/mol. The first-order chi connectivity index (χ1) is 14.5. The van der Waals surface area contributed by atoms with Gasteiger partial charge in [0, 0.05) is 11.4 Å². The van der Waals surface area contributed by atoms with Gasteiger partial charge in [-0.05, 0) is 72.9 Å². The predicted molar refractivity (Wildman–Crippen MR) is 117 cm³/mol. The quantitative estimate of drug-likeness (QED) is 0.527. The van der Waals surface area contributed by atoms with E-state index in [9.17, 15) is 9.59 Å². The van der Waals surface area contributed by atoms with Crippen LogP contribution in [0.3, 0.4) is 0 Å². The van der Waals surface area contributed by atoms with Crippen molar-refractivity contribution in [1.82, 2.24) is 0 Å². The van der Waals surface area contributed by atoms with Crippen LogP contribution in [0.1, 0.15) is 47.9 Å². The van der Waals surface area contributed by atoms with Crippen LogP contribution in [0, 0.1) is 6.92 Å². The van der Waals surface area contributed by atoms with Crippen LogP contribution in [0.25, 0.3) is 0 Å². The Morgan fingerprint density at radius 2 is 1.83 bits per heavy atom. The standard InChI is InChI=1S/C24H26N2O4/c1-4-16(2)18-7-10-20(11-8-18)30-15-23(27)25-19-9-12-21(17(3)14-19)26-24(28)22-6-5-13-29-22/h5-14,16H,4,15H2,1-3H3,(H,25,27)(H,26,28)/t16-/m1/s1. The second-order valence-electron chi connectivity index (χ2n) is 7.18. The molecule has 0 aliphatic heterocycles. The molecule has 0 radical (unpaired) electrons. The van der Waals surface area contributed by atoms with Crippen molar-refractivity contribution in [3.63, 3.8) is 0 Å². The van der Waals surface area contributed by atoms with Gasteiger partial charge in [0.25, 0.3) is 11.8 Å². The van der Waals surface area contributed by atoms with E-state index >= 15 is 0 Å². The molecule has 0 fully saturated rings. The number of aryl methyl sites for hydroxylation is 1. The van der Waals surface area contributed by atoms with Crippen molar-refractivity contribution in [2.75, 3.05) is 17.2 Å². The van der Waals surface area contributed by atoms with Crippen molar-refractivity contribution in [3.8, 4) is 5.75 Å². The molecule has 6 nitrogen and oxygen atoms in total. The molecule has 2 N–H and O–H groups in total. The van der Waals surface area contributed by atoms with Crippen LogP contribution in [-0.4, -0.2) is 18.4 Å². The number of benzene rings is 2. The summed E-state index contributed by atoms with van der Waals surface area (Å²) >= 11 is 0. The van der Waals surface area contributed by atoms with E-state index in [4.69, 9.17) is 9.15 Å². The van der Waals surface area contributed by atoms with Crippen LogP contribution in [0.4, 0.5) is 11.4 Å². The average molecular weight is 406 g/mol. The smallest absolute Gasteiger partial charge is 0.291 e. The van der Waals surface area contributed by atoms with Gasteiger partial charge in [0.1, 0.15) is 5.75 Å². The molecule has 3 aromatic rings. The van der Waals surface area contributed by atoms with E-state index < -0.39 is 0 Å². The molecule has 0 spiro atoms. The monoisotopic (exact) mass is 406 g/mol. The Balaban J connectivity index is 1.52. The maximum absolute atomic E-state index is 12.2. The second-order valence-corrected chi connectivity index (χ2v) is 7.18. The molecule has 0 saturated carbocycles. The molecule has 0 unspecified atom stereocenters. The van der Waals surface area contributed by atoms with Gasteiger partial charge in [0.2, 0.25) is 0 Å². The Morgan fingerprint density at radius 1 is 1.07 bits per heavy atom. The van der Waals surface area contributed by atoms with Crippen LogP contribution >= 0.6 is 0 Å². The third-order valence-corrected chi connectivity index (χ3v) is 4.93. The third-order valence-electron chi connectivity index (χ3n) is 4.93. The van der Waals surface area contributed by atoms with Crippen molar-refractivity contribution in [3.05, 3.63) is 77.7 Å². The number of furan rings is 1.